The minimum atomic E-state index is -0.301. The minimum absolute atomic E-state index is 0.301. The number of nitrogens with two attached hydrogens (primary N) is 1. The zero-order valence-corrected chi connectivity index (χ0v) is 9.55. The van der Waals surface area contributed by atoms with Crippen molar-refractivity contribution in [2.24, 2.45) is 0 Å². The van der Waals surface area contributed by atoms with Crippen LogP contribution in [0.25, 0.3) is 10.9 Å². The van der Waals surface area contributed by atoms with Gasteiger partial charge in [-0.2, -0.15) is 0 Å². The molecule has 2 aromatic rings. The molecule has 0 saturated carbocycles. The van der Waals surface area contributed by atoms with Crippen LogP contribution in [0, 0.1) is 12.7 Å². The number of fused-ring (bicyclic) bond motifs is 1. The number of nitrogens with zero attached hydrogens (tertiary/aromatic N) is 1. The SMILES string of the molecule is CCCc1cc2cc(C)cc(F)c2nc1N. The van der Waals surface area contributed by atoms with Gasteiger partial charge in [0.15, 0.2) is 0 Å². The number of hydrogen-bond donors (Lipinski definition) is 1. The lowest BCUT2D eigenvalue weighted by Gasteiger charge is -2.07. The zero-order valence-electron chi connectivity index (χ0n) is 9.55. The van der Waals surface area contributed by atoms with Crippen molar-refractivity contribution in [1.29, 1.82) is 0 Å². The number of nitrogen functional groups attached to an aromatic ring is 1. The lowest BCUT2D eigenvalue weighted by atomic mass is 10.1. The Morgan fingerprint density at radius 1 is 1.31 bits per heavy atom. The highest BCUT2D eigenvalue weighted by molar-refractivity contribution is 5.82. The van der Waals surface area contributed by atoms with Crippen molar-refractivity contribution in [3.63, 3.8) is 0 Å². The average Bonchev–Trinajstić information content (AvgIpc) is 2.21. The topological polar surface area (TPSA) is 38.9 Å². The van der Waals surface area contributed by atoms with Gasteiger partial charge in [-0.25, -0.2) is 9.37 Å². The van der Waals surface area contributed by atoms with Crippen LogP contribution in [0.4, 0.5) is 10.2 Å². The van der Waals surface area contributed by atoms with E-state index in [1.807, 2.05) is 19.1 Å². The number of rotatable bonds is 2. The van der Waals surface area contributed by atoms with Gasteiger partial charge in [-0.1, -0.05) is 13.3 Å². The third-order valence-corrected chi connectivity index (χ3v) is 2.65. The molecule has 2 rings (SSSR count). The molecule has 0 bridgehead atoms. The average molecular weight is 218 g/mol. The van der Waals surface area contributed by atoms with Crippen LogP contribution in [-0.2, 0) is 6.42 Å². The molecule has 0 unspecified atom stereocenters. The van der Waals surface area contributed by atoms with Gasteiger partial charge in [0.2, 0.25) is 0 Å². The predicted octanol–water partition coefficient (Wildman–Crippen LogP) is 3.22. The highest BCUT2D eigenvalue weighted by atomic mass is 19.1. The molecule has 1 aromatic heterocycles. The van der Waals surface area contributed by atoms with Gasteiger partial charge in [0.25, 0.3) is 0 Å². The van der Waals surface area contributed by atoms with Crippen molar-refractivity contribution in [1.82, 2.24) is 4.98 Å². The van der Waals surface area contributed by atoms with Crippen LogP contribution < -0.4 is 5.73 Å². The molecule has 1 aromatic carbocycles. The van der Waals surface area contributed by atoms with Crippen LogP contribution >= 0.6 is 0 Å². The number of benzene rings is 1. The normalized spacial score (nSPS) is 10.9. The molecule has 0 aliphatic rings. The quantitative estimate of drug-likeness (QED) is 0.840. The first-order chi connectivity index (χ1) is 7.61. The third-order valence-electron chi connectivity index (χ3n) is 2.65. The summed E-state index contributed by atoms with van der Waals surface area (Å²) in [5, 5.41) is 0.829. The van der Waals surface area contributed by atoms with E-state index in [0.717, 1.165) is 29.4 Å². The van der Waals surface area contributed by atoms with E-state index in [1.165, 1.54) is 6.07 Å². The summed E-state index contributed by atoms with van der Waals surface area (Å²) in [6, 6.07) is 5.36. The summed E-state index contributed by atoms with van der Waals surface area (Å²) in [6.45, 7) is 3.96. The Kier molecular flexibility index (Phi) is 2.77. The summed E-state index contributed by atoms with van der Waals surface area (Å²) >= 11 is 0. The molecule has 0 radical (unpaired) electrons. The van der Waals surface area contributed by atoms with Gasteiger partial charge >= 0.3 is 0 Å². The number of halogens is 1. The van der Waals surface area contributed by atoms with Crippen molar-refractivity contribution >= 4 is 16.7 Å². The van der Waals surface area contributed by atoms with Crippen LogP contribution in [0.3, 0.4) is 0 Å². The number of aryl methyl sites for hydroxylation is 2. The fourth-order valence-electron chi connectivity index (χ4n) is 1.91. The van der Waals surface area contributed by atoms with Crippen molar-refractivity contribution in [2.45, 2.75) is 26.7 Å². The van der Waals surface area contributed by atoms with E-state index in [4.69, 9.17) is 5.73 Å². The molecule has 0 fully saturated rings. The summed E-state index contributed by atoms with van der Waals surface area (Å²) in [7, 11) is 0. The second kappa shape index (κ2) is 4.08. The van der Waals surface area contributed by atoms with Crippen LogP contribution in [0.1, 0.15) is 24.5 Å². The highest BCUT2D eigenvalue weighted by Crippen LogP contribution is 2.23. The van der Waals surface area contributed by atoms with E-state index in [2.05, 4.69) is 11.9 Å². The van der Waals surface area contributed by atoms with Crippen LogP contribution in [-0.4, -0.2) is 4.98 Å². The first kappa shape index (κ1) is 10.9. The maximum absolute atomic E-state index is 13.6. The monoisotopic (exact) mass is 218 g/mol. The fraction of sp³-hybridized carbons (Fsp3) is 0.308. The molecule has 2 N–H and O–H groups in total. The van der Waals surface area contributed by atoms with E-state index in [0.29, 0.717) is 11.3 Å². The molecule has 84 valence electrons. The van der Waals surface area contributed by atoms with E-state index in [1.54, 1.807) is 0 Å². The Morgan fingerprint density at radius 2 is 2.06 bits per heavy atom. The molecule has 1 heterocycles. The van der Waals surface area contributed by atoms with Gasteiger partial charge in [-0.05, 0) is 42.7 Å². The molecule has 16 heavy (non-hydrogen) atoms. The maximum Gasteiger partial charge on any atom is 0.149 e. The second-order valence-corrected chi connectivity index (χ2v) is 4.10. The molecule has 0 spiro atoms. The molecular weight excluding hydrogens is 203 g/mol. The maximum atomic E-state index is 13.6. The summed E-state index contributed by atoms with van der Waals surface area (Å²) in [5.41, 5.74) is 8.07. The standard InChI is InChI=1S/C13H15FN2/c1-3-4-9-7-10-5-8(2)6-11(14)12(10)16-13(9)15/h5-7H,3-4H2,1-2H3,(H2,15,16). The van der Waals surface area contributed by atoms with Crippen LogP contribution in [0.2, 0.25) is 0 Å². The van der Waals surface area contributed by atoms with Crippen molar-refractivity contribution in [2.75, 3.05) is 5.73 Å². The molecule has 0 amide bonds. The van der Waals surface area contributed by atoms with Gasteiger partial charge in [0.1, 0.15) is 17.2 Å². The fourth-order valence-corrected chi connectivity index (χ4v) is 1.91. The Bertz CT molecular complexity index is 535. The molecule has 0 saturated heterocycles. The van der Waals surface area contributed by atoms with Crippen molar-refractivity contribution < 1.29 is 4.39 Å². The number of hydrogen-bond acceptors (Lipinski definition) is 2. The van der Waals surface area contributed by atoms with Gasteiger partial charge in [-0.15, -0.1) is 0 Å². The summed E-state index contributed by atoms with van der Waals surface area (Å²) < 4.78 is 13.6. The lowest BCUT2D eigenvalue weighted by molar-refractivity contribution is 0.635. The van der Waals surface area contributed by atoms with E-state index < -0.39 is 0 Å². The largest absolute Gasteiger partial charge is 0.383 e. The molecule has 2 nitrogen and oxygen atoms in total. The number of pyridine rings is 1. The first-order valence-electron chi connectivity index (χ1n) is 5.47. The molecular formula is C13H15FN2. The summed E-state index contributed by atoms with van der Waals surface area (Å²) in [6.07, 6.45) is 1.88. The highest BCUT2D eigenvalue weighted by Gasteiger charge is 2.07. The van der Waals surface area contributed by atoms with Crippen molar-refractivity contribution in [3.8, 4) is 0 Å². The Balaban J connectivity index is 2.69. The summed E-state index contributed by atoms with van der Waals surface area (Å²) in [5.74, 6) is 0.141. The van der Waals surface area contributed by atoms with E-state index in [9.17, 15) is 4.39 Å². The second-order valence-electron chi connectivity index (χ2n) is 4.10. The van der Waals surface area contributed by atoms with Crippen LogP contribution in [0.5, 0.6) is 0 Å². The van der Waals surface area contributed by atoms with Gasteiger partial charge in [0, 0.05) is 5.39 Å². The molecule has 0 aliphatic heterocycles. The predicted molar refractivity (Wildman–Crippen MR) is 64.8 cm³/mol. The first-order valence-corrected chi connectivity index (χ1v) is 5.47. The lowest BCUT2D eigenvalue weighted by Crippen LogP contribution is -1.99. The number of aromatic nitrogens is 1. The smallest absolute Gasteiger partial charge is 0.149 e. The summed E-state index contributed by atoms with van der Waals surface area (Å²) in [4.78, 5) is 4.14. The third kappa shape index (κ3) is 1.85. The molecule has 0 atom stereocenters. The molecule has 0 aliphatic carbocycles. The zero-order chi connectivity index (χ0) is 11.7. The Hall–Kier alpha value is -1.64. The number of anilines is 1. The van der Waals surface area contributed by atoms with E-state index >= 15 is 0 Å². The van der Waals surface area contributed by atoms with Crippen LogP contribution in [0.15, 0.2) is 18.2 Å². The van der Waals surface area contributed by atoms with Crippen molar-refractivity contribution in [3.05, 3.63) is 35.1 Å². The Morgan fingerprint density at radius 3 is 2.75 bits per heavy atom. The molecule has 3 heteroatoms. The minimum Gasteiger partial charge on any atom is -0.383 e. The van der Waals surface area contributed by atoms with Gasteiger partial charge in [0.05, 0.1) is 0 Å². The van der Waals surface area contributed by atoms with Gasteiger partial charge in [-0.3, -0.25) is 0 Å². The van der Waals surface area contributed by atoms with Gasteiger partial charge < -0.3 is 5.73 Å². The Labute approximate surface area is 94.3 Å². The van der Waals surface area contributed by atoms with E-state index in [-0.39, 0.29) is 5.82 Å².